The molecule has 2 heterocycles. The van der Waals surface area contributed by atoms with Crippen molar-refractivity contribution in [2.45, 2.75) is 56.4 Å². The zero-order chi connectivity index (χ0) is 21.5. The summed E-state index contributed by atoms with van der Waals surface area (Å²) in [6.45, 7) is 0.884. The number of carbonyl (C=O) groups is 1. The molecule has 1 amide bonds. The molecule has 3 aliphatic rings. The molecular weight excluding hydrogens is 414 g/mol. The summed E-state index contributed by atoms with van der Waals surface area (Å²) in [5.74, 6) is 2.69. The number of ether oxygens (including phenoxy) is 1. The summed E-state index contributed by atoms with van der Waals surface area (Å²) in [5.41, 5.74) is 3.12. The predicted octanol–water partition coefficient (Wildman–Crippen LogP) is 6.37. The number of hydrogen-bond donors (Lipinski definition) is 0. The Kier molecular flexibility index (Phi) is 5.06. The van der Waals surface area contributed by atoms with Crippen LogP contribution in [0.4, 0.5) is 0 Å². The molecule has 164 valence electrons. The molecule has 1 aliphatic heterocycles. The Hall–Kier alpha value is -2.59. The molecule has 3 aromatic rings. The molecule has 0 N–H and O–H groups in total. The lowest BCUT2D eigenvalue weighted by molar-refractivity contribution is -0.139. The molecule has 1 saturated heterocycles. The van der Waals surface area contributed by atoms with Gasteiger partial charge < -0.3 is 9.64 Å². The van der Waals surface area contributed by atoms with E-state index in [1.165, 1.54) is 41.7 Å². The van der Waals surface area contributed by atoms with Crippen LogP contribution in [0, 0.1) is 5.92 Å². The molecule has 0 unspecified atom stereocenters. The molecule has 4 heteroatoms. The van der Waals surface area contributed by atoms with Gasteiger partial charge in [0.1, 0.15) is 11.5 Å². The third-order valence-corrected chi connectivity index (χ3v) is 8.89. The molecular formula is C28H29NO2S. The highest BCUT2D eigenvalue weighted by atomic mass is 32.1. The second-order valence-electron chi connectivity index (χ2n) is 9.61. The quantitative estimate of drug-likeness (QED) is 0.469. The summed E-state index contributed by atoms with van der Waals surface area (Å²) in [5, 5.41) is 2.07. The van der Waals surface area contributed by atoms with E-state index in [1.807, 2.05) is 36.4 Å². The van der Waals surface area contributed by atoms with Gasteiger partial charge in [-0.25, -0.2) is 0 Å². The van der Waals surface area contributed by atoms with Crippen LogP contribution in [0.3, 0.4) is 0 Å². The van der Waals surface area contributed by atoms with Crippen molar-refractivity contribution in [2.75, 3.05) is 6.54 Å². The van der Waals surface area contributed by atoms with E-state index in [9.17, 15) is 4.79 Å². The lowest BCUT2D eigenvalue weighted by Gasteiger charge is -2.59. The van der Waals surface area contributed by atoms with Crippen LogP contribution >= 0.6 is 11.3 Å². The third-order valence-electron chi connectivity index (χ3n) is 8.01. The number of thiophene rings is 1. The van der Waals surface area contributed by atoms with Gasteiger partial charge in [-0.2, -0.15) is 0 Å². The lowest BCUT2D eigenvalue weighted by atomic mass is 9.52. The molecule has 1 aromatic heterocycles. The minimum absolute atomic E-state index is 0.201. The molecule has 3 nitrogen and oxygen atoms in total. The van der Waals surface area contributed by atoms with Gasteiger partial charge in [0.2, 0.25) is 5.91 Å². The maximum absolute atomic E-state index is 13.3. The Morgan fingerprint density at radius 3 is 2.78 bits per heavy atom. The molecule has 2 bridgehead atoms. The fraction of sp³-hybridized carbons (Fsp3) is 0.393. The fourth-order valence-electron chi connectivity index (χ4n) is 6.65. The first-order chi connectivity index (χ1) is 15.7. The molecule has 3 atom stereocenters. The number of para-hydroxylation sites is 1. The Morgan fingerprint density at radius 2 is 1.94 bits per heavy atom. The van der Waals surface area contributed by atoms with Crippen molar-refractivity contribution in [3.8, 4) is 11.5 Å². The van der Waals surface area contributed by atoms with Crippen molar-refractivity contribution < 1.29 is 9.53 Å². The summed E-state index contributed by atoms with van der Waals surface area (Å²) in [6.07, 6.45) is 7.64. The van der Waals surface area contributed by atoms with Gasteiger partial charge in [-0.3, -0.25) is 4.79 Å². The van der Waals surface area contributed by atoms with Crippen LogP contribution in [-0.4, -0.2) is 23.4 Å². The van der Waals surface area contributed by atoms with Crippen LogP contribution < -0.4 is 4.74 Å². The van der Waals surface area contributed by atoms with Gasteiger partial charge in [-0.05, 0) is 78.4 Å². The molecule has 2 fully saturated rings. The van der Waals surface area contributed by atoms with Crippen molar-refractivity contribution in [1.29, 1.82) is 0 Å². The number of piperidine rings is 1. The topological polar surface area (TPSA) is 29.5 Å². The molecule has 32 heavy (non-hydrogen) atoms. The zero-order valence-electron chi connectivity index (χ0n) is 18.3. The van der Waals surface area contributed by atoms with Crippen LogP contribution in [0.2, 0.25) is 0 Å². The summed E-state index contributed by atoms with van der Waals surface area (Å²) in [7, 11) is 0. The van der Waals surface area contributed by atoms with Crippen LogP contribution in [0.15, 0.2) is 66.0 Å². The SMILES string of the molecule is O=C(Cc1cccs1)N1CC[C@]23CCCC[C@H]2[C@H]1Cc1ccc(Oc2ccccc2)cc13. The van der Waals surface area contributed by atoms with E-state index in [1.54, 1.807) is 11.3 Å². The van der Waals surface area contributed by atoms with Gasteiger partial charge in [0.25, 0.3) is 0 Å². The van der Waals surface area contributed by atoms with Gasteiger partial charge in [0, 0.05) is 22.9 Å². The van der Waals surface area contributed by atoms with E-state index in [0.29, 0.717) is 24.3 Å². The number of likely N-dealkylation sites (tertiary alicyclic amines) is 1. The highest BCUT2D eigenvalue weighted by Crippen LogP contribution is 2.56. The van der Waals surface area contributed by atoms with Gasteiger partial charge in [-0.1, -0.05) is 43.2 Å². The number of rotatable bonds is 4. The van der Waals surface area contributed by atoms with Crippen LogP contribution in [0.5, 0.6) is 11.5 Å². The number of nitrogens with zero attached hydrogens (tertiary/aromatic N) is 1. The third kappa shape index (κ3) is 3.36. The molecule has 1 saturated carbocycles. The monoisotopic (exact) mass is 443 g/mol. The molecule has 6 rings (SSSR count). The molecule has 0 spiro atoms. The molecule has 0 radical (unpaired) electrons. The number of amides is 1. The summed E-state index contributed by atoms with van der Waals surface area (Å²) >= 11 is 1.69. The van der Waals surface area contributed by atoms with E-state index in [2.05, 4.69) is 34.5 Å². The standard InChI is InChI=1S/C28H29NO2S/c30-27(19-23-9-6-16-32-23)29-15-14-28-13-5-4-10-24(28)26(29)17-20-11-12-22(18-25(20)28)31-21-7-2-1-3-8-21/h1-3,6-9,11-12,16,18,24,26H,4-5,10,13-15,17,19H2/t24-,26+,28+/m0/s1. The van der Waals surface area contributed by atoms with E-state index < -0.39 is 0 Å². The van der Waals surface area contributed by atoms with Crippen molar-refractivity contribution >= 4 is 17.2 Å². The Bertz CT molecular complexity index is 1110. The number of carbonyl (C=O) groups excluding carboxylic acids is 1. The minimum atomic E-state index is 0.201. The van der Waals surface area contributed by atoms with Crippen LogP contribution in [0.25, 0.3) is 0 Å². The highest BCUT2D eigenvalue weighted by Gasteiger charge is 2.54. The predicted molar refractivity (Wildman–Crippen MR) is 128 cm³/mol. The van der Waals surface area contributed by atoms with Crippen LogP contribution in [0.1, 0.15) is 48.1 Å². The highest BCUT2D eigenvalue weighted by molar-refractivity contribution is 7.10. The Labute approximate surface area is 194 Å². The van der Waals surface area contributed by atoms with E-state index >= 15 is 0 Å². The van der Waals surface area contributed by atoms with Crippen molar-refractivity contribution in [3.63, 3.8) is 0 Å². The van der Waals surface area contributed by atoms with Gasteiger partial charge in [0.05, 0.1) is 6.42 Å². The average molecular weight is 444 g/mol. The van der Waals surface area contributed by atoms with Gasteiger partial charge >= 0.3 is 0 Å². The van der Waals surface area contributed by atoms with Crippen LogP contribution in [-0.2, 0) is 23.1 Å². The van der Waals surface area contributed by atoms with E-state index in [0.717, 1.165) is 30.9 Å². The lowest BCUT2D eigenvalue weighted by Crippen LogP contribution is -2.62. The Morgan fingerprint density at radius 1 is 1.03 bits per heavy atom. The van der Waals surface area contributed by atoms with Crippen molar-refractivity contribution in [2.24, 2.45) is 5.92 Å². The molecule has 2 aromatic carbocycles. The largest absolute Gasteiger partial charge is 0.457 e. The second kappa shape index (κ2) is 8.08. The van der Waals surface area contributed by atoms with Gasteiger partial charge in [-0.15, -0.1) is 11.3 Å². The number of benzene rings is 2. The number of hydrogen-bond acceptors (Lipinski definition) is 3. The maximum Gasteiger partial charge on any atom is 0.228 e. The van der Waals surface area contributed by atoms with E-state index in [4.69, 9.17) is 4.74 Å². The average Bonchev–Trinajstić information content (AvgIpc) is 3.33. The van der Waals surface area contributed by atoms with Crippen molar-refractivity contribution in [3.05, 3.63) is 82.0 Å². The smallest absolute Gasteiger partial charge is 0.228 e. The number of fused-ring (bicyclic) bond motifs is 1. The first-order valence-electron chi connectivity index (χ1n) is 11.9. The molecule has 2 aliphatic carbocycles. The second-order valence-corrected chi connectivity index (χ2v) is 10.6. The van der Waals surface area contributed by atoms with Crippen molar-refractivity contribution in [1.82, 2.24) is 4.90 Å². The Balaban J connectivity index is 1.33. The first kappa shape index (κ1) is 20.0. The van der Waals surface area contributed by atoms with Gasteiger partial charge in [0.15, 0.2) is 0 Å². The minimum Gasteiger partial charge on any atom is -0.457 e. The van der Waals surface area contributed by atoms with E-state index in [-0.39, 0.29) is 5.41 Å². The summed E-state index contributed by atoms with van der Waals surface area (Å²) < 4.78 is 6.21. The normalized spacial score (nSPS) is 26.2. The fourth-order valence-corrected chi connectivity index (χ4v) is 7.34. The maximum atomic E-state index is 13.3. The first-order valence-corrected chi connectivity index (χ1v) is 12.8. The zero-order valence-corrected chi connectivity index (χ0v) is 19.2. The summed E-state index contributed by atoms with van der Waals surface area (Å²) in [4.78, 5) is 16.7. The summed E-state index contributed by atoms with van der Waals surface area (Å²) in [6, 6.07) is 21.2.